The first kappa shape index (κ1) is 16.3. The summed E-state index contributed by atoms with van der Waals surface area (Å²) >= 11 is 0. The fourth-order valence-electron chi connectivity index (χ4n) is 2.93. The number of fused-ring (bicyclic) bond motifs is 1. The number of carbonyl (C=O) groups excluding carboxylic acids is 1. The molecule has 1 aromatic heterocycles. The fraction of sp³-hybridized carbons (Fsp3) is 0.200. The Morgan fingerprint density at radius 2 is 2.15 bits per heavy atom. The highest BCUT2D eigenvalue weighted by atomic mass is 19.1. The lowest BCUT2D eigenvalue weighted by Crippen LogP contribution is -2.05. The van der Waals surface area contributed by atoms with Crippen molar-refractivity contribution in [3.63, 3.8) is 0 Å². The zero-order chi connectivity index (χ0) is 18.1. The van der Waals surface area contributed by atoms with Crippen molar-refractivity contribution in [2.24, 2.45) is 0 Å². The number of ether oxygens (including phenoxy) is 2. The number of nitrogens with zero attached hydrogens (tertiary/aromatic N) is 1. The fourth-order valence-corrected chi connectivity index (χ4v) is 2.93. The average Bonchev–Trinajstić information content (AvgIpc) is 3.24. The Morgan fingerprint density at radius 1 is 1.27 bits per heavy atom. The summed E-state index contributed by atoms with van der Waals surface area (Å²) in [5.74, 6) is 0.380. The van der Waals surface area contributed by atoms with Crippen molar-refractivity contribution < 1.29 is 23.2 Å². The van der Waals surface area contributed by atoms with Crippen molar-refractivity contribution in [1.82, 2.24) is 5.16 Å². The molecule has 1 aliphatic rings. The summed E-state index contributed by atoms with van der Waals surface area (Å²) in [6, 6.07) is 12.9. The molecule has 0 N–H and O–H groups in total. The molecule has 1 unspecified atom stereocenters. The predicted molar refractivity (Wildman–Crippen MR) is 91.3 cm³/mol. The zero-order valence-electron chi connectivity index (χ0n) is 14.1. The Bertz CT molecular complexity index is 966. The maximum Gasteiger partial charge on any atom is 0.338 e. The number of aromatic nitrogens is 1. The van der Waals surface area contributed by atoms with Crippen molar-refractivity contribution in [2.75, 3.05) is 0 Å². The summed E-state index contributed by atoms with van der Waals surface area (Å²) in [4.78, 5) is 11.9. The SMILES string of the molecule is CC1Cc2cc(-c3cc(COC(=O)c4cccc(F)c4)no3)ccc2O1. The van der Waals surface area contributed by atoms with E-state index in [1.165, 1.54) is 18.2 Å². The van der Waals surface area contributed by atoms with Gasteiger partial charge in [-0.05, 0) is 48.9 Å². The van der Waals surface area contributed by atoms with Gasteiger partial charge < -0.3 is 14.0 Å². The van der Waals surface area contributed by atoms with Gasteiger partial charge in [0.15, 0.2) is 5.76 Å². The summed E-state index contributed by atoms with van der Waals surface area (Å²) < 4.78 is 29.4. The standard InChI is InChI=1S/C20H16FNO4/c1-12-7-15-8-13(5-6-18(15)25-12)19-10-17(22-26-19)11-24-20(23)14-3-2-4-16(21)9-14/h2-6,8-10,12H,7,11H2,1H3. The molecule has 0 radical (unpaired) electrons. The average molecular weight is 353 g/mol. The van der Waals surface area contributed by atoms with E-state index in [4.69, 9.17) is 14.0 Å². The third kappa shape index (κ3) is 3.31. The molecule has 1 aliphatic heterocycles. The topological polar surface area (TPSA) is 61.6 Å². The molecule has 4 rings (SSSR count). The molecular weight excluding hydrogens is 337 g/mol. The number of hydrogen-bond donors (Lipinski definition) is 0. The van der Waals surface area contributed by atoms with Crippen LogP contribution in [-0.4, -0.2) is 17.2 Å². The molecule has 6 heteroatoms. The van der Waals surface area contributed by atoms with Gasteiger partial charge in [-0.2, -0.15) is 0 Å². The van der Waals surface area contributed by atoms with Crippen LogP contribution in [0.25, 0.3) is 11.3 Å². The number of esters is 1. The summed E-state index contributed by atoms with van der Waals surface area (Å²) in [7, 11) is 0. The molecule has 0 spiro atoms. The Kier molecular flexibility index (Phi) is 4.16. The van der Waals surface area contributed by atoms with Crippen molar-refractivity contribution in [3.8, 4) is 17.1 Å². The lowest BCUT2D eigenvalue weighted by molar-refractivity contribution is 0.0463. The highest BCUT2D eigenvalue weighted by molar-refractivity contribution is 5.89. The van der Waals surface area contributed by atoms with Gasteiger partial charge in [-0.1, -0.05) is 11.2 Å². The van der Waals surface area contributed by atoms with Crippen LogP contribution in [0.3, 0.4) is 0 Å². The van der Waals surface area contributed by atoms with E-state index in [9.17, 15) is 9.18 Å². The molecule has 5 nitrogen and oxygen atoms in total. The van der Waals surface area contributed by atoms with E-state index in [1.807, 2.05) is 25.1 Å². The molecule has 26 heavy (non-hydrogen) atoms. The van der Waals surface area contributed by atoms with Gasteiger partial charge in [-0.25, -0.2) is 9.18 Å². The second-order valence-corrected chi connectivity index (χ2v) is 6.22. The van der Waals surface area contributed by atoms with Crippen LogP contribution in [0.2, 0.25) is 0 Å². The first-order valence-electron chi connectivity index (χ1n) is 8.27. The van der Waals surface area contributed by atoms with E-state index in [0.29, 0.717) is 11.5 Å². The Balaban J connectivity index is 1.44. The third-order valence-corrected chi connectivity index (χ3v) is 4.15. The Morgan fingerprint density at radius 3 is 3.00 bits per heavy atom. The summed E-state index contributed by atoms with van der Waals surface area (Å²) in [6.07, 6.45) is 1.03. The number of halogens is 1. The van der Waals surface area contributed by atoms with E-state index in [0.717, 1.165) is 29.4 Å². The van der Waals surface area contributed by atoms with Crippen LogP contribution in [0.5, 0.6) is 5.75 Å². The van der Waals surface area contributed by atoms with Gasteiger partial charge in [0.2, 0.25) is 0 Å². The van der Waals surface area contributed by atoms with Crippen LogP contribution in [-0.2, 0) is 17.8 Å². The maximum absolute atomic E-state index is 13.2. The number of rotatable bonds is 4. The number of benzene rings is 2. The smallest absolute Gasteiger partial charge is 0.338 e. The molecule has 0 aliphatic carbocycles. The number of carbonyl (C=O) groups is 1. The minimum absolute atomic E-state index is 0.0517. The normalized spacial score (nSPS) is 15.4. The minimum atomic E-state index is -0.613. The molecule has 132 valence electrons. The van der Waals surface area contributed by atoms with Crippen LogP contribution in [0.4, 0.5) is 4.39 Å². The van der Waals surface area contributed by atoms with Crippen LogP contribution >= 0.6 is 0 Å². The quantitative estimate of drug-likeness (QED) is 0.659. The lowest BCUT2D eigenvalue weighted by Gasteiger charge is -2.02. The monoisotopic (exact) mass is 353 g/mol. The largest absolute Gasteiger partial charge is 0.490 e. The van der Waals surface area contributed by atoms with E-state index < -0.39 is 11.8 Å². The van der Waals surface area contributed by atoms with E-state index in [-0.39, 0.29) is 18.3 Å². The number of hydrogen-bond acceptors (Lipinski definition) is 5. The highest BCUT2D eigenvalue weighted by Gasteiger charge is 2.20. The molecular formula is C20H16FNO4. The van der Waals surface area contributed by atoms with Gasteiger partial charge in [0.05, 0.1) is 5.56 Å². The molecule has 3 aromatic rings. The zero-order valence-corrected chi connectivity index (χ0v) is 14.1. The molecule has 2 heterocycles. The first-order valence-corrected chi connectivity index (χ1v) is 8.27. The van der Waals surface area contributed by atoms with Crippen LogP contribution in [0.15, 0.2) is 53.1 Å². The van der Waals surface area contributed by atoms with Gasteiger partial charge >= 0.3 is 5.97 Å². The van der Waals surface area contributed by atoms with Crippen molar-refractivity contribution in [1.29, 1.82) is 0 Å². The summed E-state index contributed by atoms with van der Waals surface area (Å²) in [6.45, 7) is 1.98. The molecule has 1 atom stereocenters. The van der Waals surface area contributed by atoms with Crippen molar-refractivity contribution in [3.05, 3.63) is 71.2 Å². The Hall–Kier alpha value is -3.15. The maximum atomic E-state index is 13.2. The molecule has 2 aromatic carbocycles. The predicted octanol–water partition coefficient (Wildman–Crippen LogP) is 4.16. The minimum Gasteiger partial charge on any atom is -0.490 e. The second kappa shape index (κ2) is 6.63. The second-order valence-electron chi connectivity index (χ2n) is 6.22. The van der Waals surface area contributed by atoms with Crippen LogP contribution in [0, 0.1) is 5.82 Å². The van der Waals surface area contributed by atoms with Gasteiger partial charge in [0.1, 0.15) is 30.0 Å². The van der Waals surface area contributed by atoms with Gasteiger partial charge in [-0.15, -0.1) is 0 Å². The van der Waals surface area contributed by atoms with Gasteiger partial charge in [0, 0.05) is 18.1 Å². The summed E-state index contributed by atoms with van der Waals surface area (Å²) in [5, 5.41) is 3.93. The van der Waals surface area contributed by atoms with E-state index in [2.05, 4.69) is 5.16 Å². The third-order valence-electron chi connectivity index (χ3n) is 4.15. The van der Waals surface area contributed by atoms with Crippen LogP contribution in [0.1, 0.15) is 28.5 Å². The highest BCUT2D eigenvalue weighted by Crippen LogP contribution is 2.33. The summed E-state index contributed by atoms with van der Waals surface area (Å²) in [5.41, 5.74) is 2.65. The molecule has 0 bridgehead atoms. The van der Waals surface area contributed by atoms with Crippen molar-refractivity contribution >= 4 is 5.97 Å². The lowest BCUT2D eigenvalue weighted by atomic mass is 10.1. The Labute approximate surface area is 149 Å². The van der Waals surface area contributed by atoms with E-state index >= 15 is 0 Å². The van der Waals surface area contributed by atoms with E-state index in [1.54, 1.807) is 6.07 Å². The molecule has 0 amide bonds. The molecule has 0 saturated heterocycles. The first-order chi connectivity index (χ1) is 12.6. The van der Waals surface area contributed by atoms with Gasteiger partial charge in [0.25, 0.3) is 0 Å². The van der Waals surface area contributed by atoms with Gasteiger partial charge in [-0.3, -0.25) is 0 Å². The van der Waals surface area contributed by atoms with Crippen LogP contribution < -0.4 is 4.74 Å². The molecule has 0 fully saturated rings. The van der Waals surface area contributed by atoms with Crippen molar-refractivity contribution in [2.45, 2.75) is 26.1 Å². The molecule has 0 saturated carbocycles.